The van der Waals surface area contributed by atoms with Crippen LogP contribution in [0.3, 0.4) is 0 Å². The Kier molecular flexibility index (Phi) is 3.61. The van der Waals surface area contributed by atoms with E-state index in [9.17, 15) is 4.79 Å². The Bertz CT molecular complexity index is 798. The van der Waals surface area contributed by atoms with E-state index in [4.69, 9.17) is 15.2 Å². The third-order valence-electron chi connectivity index (χ3n) is 3.70. The summed E-state index contributed by atoms with van der Waals surface area (Å²) in [7, 11) is 3.10. The third kappa shape index (κ3) is 2.35. The number of carbonyl (C=O) groups excluding carboxylic acids is 1. The number of allylic oxidation sites excluding steroid dienone is 1. The van der Waals surface area contributed by atoms with E-state index in [2.05, 4.69) is 20.8 Å². The van der Waals surface area contributed by atoms with Gasteiger partial charge < -0.3 is 20.5 Å². The molecule has 120 valence electrons. The van der Waals surface area contributed by atoms with Gasteiger partial charge in [-0.25, -0.2) is 0 Å². The summed E-state index contributed by atoms with van der Waals surface area (Å²) in [5.74, 6) is 1.02. The van der Waals surface area contributed by atoms with Gasteiger partial charge in [0, 0.05) is 5.70 Å². The number of tetrazole rings is 1. The molecule has 23 heavy (non-hydrogen) atoms. The van der Waals surface area contributed by atoms with Gasteiger partial charge in [0.2, 0.25) is 11.9 Å². The molecule has 2 heterocycles. The Morgan fingerprint density at radius 2 is 2.04 bits per heavy atom. The summed E-state index contributed by atoms with van der Waals surface area (Å²) in [6.45, 7) is 1.76. The number of primary amides is 1. The van der Waals surface area contributed by atoms with Gasteiger partial charge in [-0.1, -0.05) is 11.2 Å². The number of hydrogen-bond acceptors (Lipinski definition) is 7. The Balaban J connectivity index is 2.18. The lowest BCUT2D eigenvalue weighted by Gasteiger charge is -2.27. The molecule has 0 saturated carbocycles. The molecule has 0 aliphatic carbocycles. The fourth-order valence-electron chi connectivity index (χ4n) is 2.66. The van der Waals surface area contributed by atoms with Crippen LogP contribution in [0.25, 0.3) is 0 Å². The standard InChI is InChI=1S/C14H16N6O3/c1-7-11(13(15)21)12(20-14(16-7)17-18-19-20)8-4-5-9(22-2)10(6-8)23-3/h4-6,12H,1-3H3,(H2,15,21)(H,16,17,19). The molecule has 2 aromatic rings. The van der Waals surface area contributed by atoms with Gasteiger partial charge in [0.1, 0.15) is 6.04 Å². The van der Waals surface area contributed by atoms with Gasteiger partial charge in [-0.3, -0.25) is 4.79 Å². The summed E-state index contributed by atoms with van der Waals surface area (Å²) in [6, 6.07) is 4.81. The second kappa shape index (κ2) is 5.59. The van der Waals surface area contributed by atoms with E-state index in [1.807, 2.05) is 6.07 Å². The van der Waals surface area contributed by atoms with Gasteiger partial charge in [-0.15, -0.1) is 0 Å². The molecule has 0 fully saturated rings. The van der Waals surface area contributed by atoms with Crippen LogP contribution in [-0.4, -0.2) is 40.3 Å². The average molecular weight is 316 g/mol. The highest BCUT2D eigenvalue weighted by Gasteiger charge is 2.33. The summed E-state index contributed by atoms with van der Waals surface area (Å²) in [5, 5.41) is 14.5. The molecule has 1 amide bonds. The largest absolute Gasteiger partial charge is 0.493 e. The quantitative estimate of drug-likeness (QED) is 0.841. The van der Waals surface area contributed by atoms with Gasteiger partial charge >= 0.3 is 0 Å². The van der Waals surface area contributed by atoms with Crippen LogP contribution in [0.15, 0.2) is 29.5 Å². The molecule has 1 aliphatic rings. The predicted octanol–water partition coefficient (Wildman–Crippen LogP) is 0.464. The van der Waals surface area contributed by atoms with Crippen LogP contribution in [0.4, 0.5) is 5.95 Å². The second-order valence-corrected chi connectivity index (χ2v) is 4.99. The van der Waals surface area contributed by atoms with E-state index >= 15 is 0 Å². The van der Waals surface area contributed by atoms with Crippen molar-refractivity contribution in [3.63, 3.8) is 0 Å². The van der Waals surface area contributed by atoms with Crippen molar-refractivity contribution < 1.29 is 14.3 Å². The maximum Gasteiger partial charge on any atom is 0.248 e. The summed E-state index contributed by atoms with van der Waals surface area (Å²) >= 11 is 0. The number of nitrogens with one attached hydrogen (secondary N) is 1. The molecule has 1 unspecified atom stereocenters. The van der Waals surface area contributed by atoms with E-state index in [1.54, 1.807) is 33.3 Å². The SMILES string of the molecule is COc1ccc(C2C(C(N)=O)=C(C)Nc3nnnn32)cc1OC. The van der Waals surface area contributed by atoms with Crippen molar-refractivity contribution in [3.05, 3.63) is 35.0 Å². The number of hydrogen-bond donors (Lipinski definition) is 2. The monoisotopic (exact) mass is 316 g/mol. The fourth-order valence-corrected chi connectivity index (χ4v) is 2.66. The van der Waals surface area contributed by atoms with E-state index in [1.165, 1.54) is 4.68 Å². The van der Waals surface area contributed by atoms with Gasteiger partial charge in [0.05, 0.1) is 19.8 Å². The number of methoxy groups -OCH3 is 2. The summed E-state index contributed by atoms with van der Waals surface area (Å²) in [5.41, 5.74) is 7.32. The summed E-state index contributed by atoms with van der Waals surface area (Å²) < 4.78 is 12.1. The van der Waals surface area contributed by atoms with Crippen LogP contribution in [0.2, 0.25) is 0 Å². The van der Waals surface area contributed by atoms with Gasteiger partial charge in [0.25, 0.3) is 0 Å². The van der Waals surface area contributed by atoms with Crippen molar-refractivity contribution in [2.24, 2.45) is 5.73 Å². The third-order valence-corrected chi connectivity index (χ3v) is 3.70. The van der Waals surface area contributed by atoms with Gasteiger partial charge in [0.15, 0.2) is 11.5 Å². The highest BCUT2D eigenvalue weighted by Crippen LogP contribution is 2.37. The number of anilines is 1. The highest BCUT2D eigenvalue weighted by molar-refractivity contribution is 5.95. The molecule has 1 aliphatic heterocycles. The van der Waals surface area contributed by atoms with E-state index in [0.717, 1.165) is 5.56 Å². The van der Waals surface area contributed by atoms with Crippen molar-refractivity contribution in [3.8, 4) is 11.5 Å². The van der Waals surface area contributed by atoms with Crippen molar-refractivity contribution in [1.82, 2.24) is 20.2 Å². The van der Waals surface area contributed by atoms with Crippen molar-refractivity contribution >= 4 is 11.9 Å². The maximum atomic E-state index is 11.9. The topological polar surface area (TPSA) is 117 Å². The number of nitrogens with zero attached hydrogens (tertiary/aromatic N) is 4. The molecule has 0 bridgehead atoms. The molecule has 1 aromatic carbocycles. The number of ether oxygens (including phenoxy) is 2. The molecule has 1 atom stereocenters. The minimum absolute atomic E-state index is 0.386. The number of carbonyl (C=O) groups is 1. The molecule has 0 radical (unpaired) electrons. The number of aromatic nitrogens is 4. The minimum atomic E-state index is -0.545. The van der Waals surface area contributed by atoms with Crippen LogP contribution in [0.5, 0.6) is 11.5 Å². The van der Waals surface area contributed by atoms with Crippen molar-refractivity contribution in [1.29, 1.82) is 0 Å². The van der Waals surface area contributed by atoms with E-state index < -0.39 is 11.9 Å². The molecule has 1 aromatic heterocycles. The maximum absolute atomic E-state index is 11.9. The first-order valence-corrected chi connectivity index (χ1v) is 6.84. The smallest absolute Gasteiger partial charge is 0.248 e. The lowest BCUT2D eigenvalue weighted by molar-refractivity contribution is -0.115. The second-order valence-electron chi connectivity index (χ2n) is 4.99. The Morgan fingerprint density at radius 3 is 2.70 bits per heavy atom. The molecular formula is C14H16N6O3. The predicted molar refractivity (Wildman–Crippen MR) is 81.0 cm³/mol. The zero-order valence-electron chi connectivity index (χ0n) is 12.9. The fraction of sp³-hybridized carbons (Fsp3) is 0.286. The van der Waals surface area contributed by atoms with Crippen LogP contribution >= 0.6 is 0 Å². The number of benzene rings is 1. The van der Waals surface area contributed by atoms with Crippen LogP contribution in [-0.2, 0) is 4.79 Å². The van der Waals surface area contributed by atoms with Crippen LogP contribution in [0.1, 0.15) is 18.5 Å². The average Bonchev–Trinajstić information content (AvgIpc) is 3.00. The molecule has 9 nitrogen and oxygen atoms in total. The molecule has 0 spiro atoms. The van der Waals surface area contributed by atoms with Crippen molar-refractivity contribution in [2.45, 2.75) is 13.0 Å². The Labute approximate surface area is 132 Å². The van der Waals surface area contributed by atoms with Gasteiger partial charge in [-0.2, -0.15) is 4.68 Å². The van der Waals surface area contributed by atoms with Crippen LogP contribution < -0.4 is 20.5 Å². The van der Waals surface area contributed by atoms with Gasteiger partial charge in [-0.05, 0) is 35.0 Å². The number of amides is 1. The normalized spacial score (nSPS) is 16.6. The lowest BCUT2D eigenvalue weighted by Crippen LogP contribution is -2.31. The Morgan fingerprint density at radius 1 is 1.30 bits per heavy atom. The molecular weight excluding hydrogens is 300 g/mol. The van der Waals surface area contributed by atoms with E-state index in [-0.39, 0.29) is 0 Å². The Hall–Kier alpha value is -3.10. The number of rotatable bonds is 4. The molecule has 3 N–H and O–H groups in total. The summed E-state index contributed by atoms with van der Waals surface area (Å²) in [4.78, 5) is 11.9. The lowest BCUT2D eigenvalue weighted by atomic mass is 9.95. The van der Waals surface area contributed by atoms with Crippen molar-refractivity contribution in [2.75, 3.05) is 19.5 Å². The number of nitrogens with two attached hydrogens (primary N) is 1. The summed E-state index contributed by atoms with van der Waals surface area (Å²) in [6.07, 6.45) is 0. The first kappa shape index (κ1) is 14.8. The zero-order chi connectivity index (χ0) is 16.6. The first-order valence-electron chi connectivity index (χ1n) is 6.84. The highest BCUT2D eigenvalue weighted by atomic mass is 16.5. The van der Waals surface area contributed by atoms with E-state index in [0.29, 0.717) is 28.7 Å². The minimum Gasteiger partial charge on any atom is -0.493 e. The molecule has 9 heteroatoms. The zero-order valence-corrected chi connectivity index (χ0v) is 12.9. The number of fused-ring (bicyclic) bond motifs is 1. The van der Waals surface area contributed by atoms with Crippen LogP contribution in [0, 0.1) is 0 Å². The first-order chi connectivity index (χ1) is 11.1. The molecule has 0 saturated heterocycles. The molecule has 3 rings (SSSR count).